The smallest absolute Gasteiger partial charge is 0.320 e. The Bertz CT molecular complexity index is 2200. The van der Waals surface area contributed by atoms with Gasteiger partial charge in [-0.15, -0.1) is 11.8 Å². The van der Waals surface area contributed by atoms with Crippen LogP contribution < -0.4 is 14.8 Å². The molecule has 4 saturated heterocycles. The minimum Gasteiger partial charge on any atom is -0.493 e. The van der Waals surface area contributed by atoms with Crippen LogP contribution in [0, 0.1) is 23.7 Å². The van der Waals surface area contributed by atoms with Crippen molar-refractivity contribution < 1.29 is 67.0 Å². The number of halogens is 2. The molecule has 21 heteroatoms. The number of urea groups is 1. The third kappa shape index (κ3) is 12.7. The fourth-order valence-corrected chi connectivity index (χ4v) is 12.2. The molecule has 1 aromatic heterocycles. The van der Waals surface area contributed by atoms with Crippen LogP contribution in [0.2, 0.25) is 10.0 Å². The fourth-order valence-electron chi connectivity index (χ4n) is 10.4. The molecule has 394 valence electrons. The van der Waals surface area contributed by atoms with E-state index in [1.807, 2.05) is 27.7 Å². The summed E-state index contributed by atoms with van der Waals surface area (Å²) in [5, 5.41) is 14.1. The number of anilines is 1. The Morgan fingerprint density at radius 3 is 2.35 bits per heavy atom. The Labute approximate surface area is 430 Å². The number of pyridine rings is 1. The number of hydrogen-bond acceptors (Lipinski definition) is 16. The molecule has 5 heterocycles. The first kappa shape index (κ1) is 56.3. The number of ether oxygens (including phenoxy) is 8. The number of amides is 3. The van der Waals surface area contributed by atoms with Gasteiger partial charge in [-0.1, -0.05) is 50.9 Å². The molecule has 4 aliphatic rings. The van der Waals surface area contributed by atoms with Crippen molar-refractivity contribution in [3.8, 4) is 11.5 Å². The number of hydrogen-bond donors (Lipinski definition) is 2. The van der Waals surface area contributed by atoms with E-state index in [9.17, 15) is 29.1 Å². The quantitative estimate of drug-likeness (QED) is 0.152. The first-order valence-electron chi connectivity index (χ1n) is 24.3. The number of nitrogens with one attached hydrogen (secondary N) is 1. The molecule has 4 fully saturated rings. The van der Waals surface area contributed by atoms with Crippen LogP contribution in [0.5, 0.6) is 11.5 Å². The van der Waals surface area contributed by atoms with E-state index in [-0.39, 0.29) is 70.5 Å². The minimum atomic E-state index is -1.37. The van der Waals surface area contributed by atoms with Gasteiger partial charge in [0.1, 0.15) is 23.2 Å². The Hall–Kier alpha value is -3.95. The van der Waals surface area contributed by atoms with Crippen LogP contribution in [0.4, 0.5) is 10.5 Å². The number of thioether (sulfide) groups is 1. The van der Waals surface area contributed by atoms with Crippen molar-refractivity contribution >= 4 is 70.3 Å². The van der Waals surface area contributed by atoms with E-state index < -0.39 is 94.7 Å². The second kappa shape index (κ2) is 24.4. The van der Waals surface area contributed by atoms with Crippen molar-refractivity contribution in [2.45, 2.75) is 134 Å². The molecular formula is C50H70Cl2N4O14S. The standard InChI is InChI=1S/C50H70Cl2N4O14S/c1-11-38-50(7)39(42(46(61)70-50)71-21-20-66-37-24-31(12-13-36(37)63-9)44(59)54-40-32(51)25-53-26-33(40)52)30(5)35(57)14-15-49(6,64-10)43(27(2)22-28(3)45(60)68-38)69-47-41(58)34(23-29(4)67-47)55(8)48(62)56-16-18-65-19-17-56/h12-13,24-30,34,38-39,41-43,47,58H,11,14-23H2,1-10H3,(H,53,54,59)/t27-,28+,29+,30-,34-,38+,39-,41+,42-,43?,47?,49+,50+/m0/s1. The summed E-state index contributed by atoms with van der Waals surface area (Å²) in [7, 11) is 4.67. The van der Waals surface area contributed by atoms with Gasteiger partial charge in [-0.3, -0.25) is 24.2 Å². The number of morpholine rings is 1. The number of aromatic nitrogens is 1. The predicted molar refractivity (Wildman–Crippen MR) is 266 cm³/mol. The van der Waals surface area contributed by atoms with Gasteiger partial charge in [0.2, 0.25) is 0 Å². The Balaban J connectivity index is 1.21. The highest BCUT2D eigenvalue weighted by Gasteiger charge is 2.61. The highest BCUT2D eigenvalue weighted by molar-refractivity contribution is 8.00. The van der Waals surface area contributed by atoms with Gasteiger partial charge in [0.05, 0.1) is 72.4 Å². The van der Waals surface area contributed by atoms with Crippen molar-refractivity contribution in [3.63, 3.8) is 0 Å². The summed E-state index contributed by atoms with van der Waals surface area (Å²) in [5.74, 6) is -3.41. The summed E-state index contributed by atoms with van der Waals surface area (Å²) in [4.78, 5) is 76.9. The number of aliphatic hydroxyl groups is 1. The minimum absolute atomic E-state index is 0.0265. The second-order valence-corrected chi connectivity index (χ2v) is 21.5. The molecule has 3 amide bonds. The van der Waals surface area contributed by atoms with Crippen LogP contribution in [0.15, 0.2) is 30.6 Å². The third-order valence-electron chi connectivity index (χ3n) is 14.6. The van der Waals surface area contributed by atoms with E-state index in [2.05, 4.69) is 10.3 Å². The molecule has 2 aromatic rings. The lowest BCUT2D eigenvalue weighted by atomic mass is 9.72. The zero-order valence-electron chi connectivity index (χ0n) is 42.3. The molecule has 18 nitrogen and oxygen atoms in total. The van der Waals surface area contributed by atoms with E-state index >= 15 is 0 Å². The molecule has 0 saturated carbocycles. The maximum atomic E-state index is 14.7. The lowest BCUT2D eigenvalue weighted by Gasteiger charge is -2.47. The Morgan fingerprint density at radius 1 is 1.01 bits per heavy atom. The molecule has 13 atom stereocenters. The Morgan fingerprint density at radius 2 is 1.70 bits per heavy atom. The molecule has 0 bridgehead atoms. The number of carbonyl (C=O) groups is 5. The number of cyclic esters (lactones) is 1. The van der Waals surface area contributed by atoms with E-state index in [0.717, 1.165) is 0 Å². The lowest BCUT2D eigenvalue weighted by molar-refractivity contribution is -0.296. The maximum Gasteiger partial charge on any atom is 0.320 e. The summed E-state index contributed by atoms with van der Waals surface area (Å²) < 4.78 is 49.0. The number of ketones is 1. The van der Waals surface area contributed by atoms with E-state index in [1.165, 1.54) is 44.4 Å². The molecule has 6 rings (SSSR count). The van der Waals surface area contributed by atoms with Crippen LogP contribution in [0.25, 0.3) is 0 Å². The number of likely N-dealkylation sites (N-methyl/N-ethyl adjacent to an activating group) is 1. The highest BCUT2D eigenvalue weighted by Crippen LogP contribution is 2.49. The largest absolute Gasteiger partial charge is 0.493 e. The molecule has 71 heavy (non-hydrogen) atoms. The van der Waals surface area contributed by atoms with Crippen LogP contribution in [-0.2, 0) is 42.8 Å². The molecule has 2 N–H and O–H groups in total. The second-order valence-electron chi connectivity index (χ2n) is 19.4. The Kier molecular flexibility index (Phi) is 19.4. The topological polar surface area (TPSA) is 211 Å². The zero-order chi connectivity index (χ0) is 51.9. The van der Waals surface area contributed by atoms with Crippen LogP contribution in [-0.4, -0.2) is 163 Å². The molecule has 2 unspecified atom stereocenters. The number of nitrogens with zero attached hydrogens (tertiary/aromatic N) is 3. The monoisotopic (exact) mass is 1050 g/mol. The summed E-state index contributed by atoms with van der Waals surface area (Å²) >= 11 is 13.7. The third-order valence-corrected chi connectivity index (χ3v) is 16.4. The number of methoxy groups -OCH3 is 2. The summed E-state index contributed by atoms with van der Waals surface area (Å²) in [6, 6.07) is 3.80. The molecule has 1 aromatic carbocycles. The average molecular weight is 1050 g/mol. The van der Waals surface area contributed by atoms with Gasteiger partial charge in [0, 0.05) is 69.2 Å². The molecule has 0 aliphatic carbocycles. The molecule has 0 radical (unpaired) electrons. The van der Waals surface area contributed by atoms with Crippen LogP contribution in [0.3, 0.4) is 0 Å². The van der Waals surface area contributed by atoms with E-state index in [1.54, 1.807) is 49.8 Å². The molecule has 0 spiro atoms. The summed E-state index contributed by atoms with van der Waals surface area (Å²) in [6.45, 7) is 14.6. The van der Waals surface area contributed by atoms with E-state index in [0.29, 0.717) is 44.9 Å². The number of carbonyl (C=O) groups excluding carboxylic acids is 5. The SMILES string of the molecule is CC[C@H]1OC(=O)[C@H](C)C[C@H](C)C(OC2O[C@H](C)C[C@H](N(C)C(=O)N3CCOCC3)[C@H]2O)[C@](C)(OC)CCC(=O)[C@H](C)[C@H]2[C@H](SCCOc3cc(C(=O)Nc4c(Cl)cncc4Cl)ccc3OC)C(=O)O[C@@]21C. The number of benzene rings is 1. The van der Waals surface area contributed by atoms with Crippen LogP contribution >= 0.6 is 35.0 Å². The molecular weight excluding hydrogens is 984 g/mol. The zero-order valence-corrected chi connectivity index (χ0v) is 44.6. The fraction of sp³-hybridized carbons (Fsp3) is 0.680. The average Bonchev–Trinajstić information content (AvgIpc) is 3.62. The van der Waals surface area contributed by atoms with Crippen molar-refractivity contribution in [3.05, 3.63) is 46.2 Å². The number of aliphatic hydroxyl groups excluding tert-OH is 1. The highest BCUT2D eigenvalue weighted by atomic mass is 35.5. The predicted octanol–water partition coefficient (Wildman–Crippen LogP) is 7.08. The molecule has 4 aliphatic heterocycles. The van der Waals surface area contributed by atoms with Gasteiger partial charge in [-0.05, 0) is 70.6 Å². The van der Waals surface area contributed by atoms with Gasteiger partial charge >= 0.3 is 18.0 Å². The summed E-state index contributed by atoms with van der Waals surface area (Å²) in [6.07, 6.45) is -0.674. The van der Waals surface area contributed by atoms with Crippen molar-refractivity contribution in [1.29, 1.82) is 0 Å². The van der Waals surface area contributed by atoms with Gasteiger partial charge in [0.25, 0.3) is 5.91 Å². The normalized spacial score (nSPS) is 33.0. The van der Waals surface area contributed by atoms with E-state index in [4.69, 9.17) is 61.1 Å². The van der Waals surface area contributed by atoms with Gasteiger partial charge in [-0.2, -0.15) is 0 Å². The van der Waals surface area contributed by atoms with Gasteiger partial charge < -0.3 is 58.1 Å². The van der Waals surface area contributed by atoms with Crippen LogP contribution in [0.1, 0.15) is 90.9 Å². The summed E-state index contributed by atoms with van der Waals surface area (Å²) in [5.41, 5.74) is -2.09. The lowest BCUT2D eigenvalue weighted by Crippen LogP contribution is -2.61. The van der Waals surface area contributed by atoms with Crippen molar-refractivity contribution in [1.82, 2.24) is 14.8 Å². The number of fused-ring (bicyclic) bond motifs is 1. The number of esters is 2. The van der Waals surface area contributed by atoms with Crippen molar-refractivity contribution in [2.24, 2.45) is 23.7 Å². The maximum absolute atomic E-state index is 14.7. The van der Waals surface area contributed by atoms with Gasteiger partial charge in [-0.25, -0.2) is 4.79 Å². The first-order valence-corrected chi connectivity index (χ1v) is 26.1. The first-order chi connectivity index (χ1) is 33.7. The number of rotatable bonds is 13. The van der Waals surface area contributed by atoms with Gasteiger partial charge in [0.15, 0.2) is 23.4 Å². The number of Topliss-reactive ketones (excluding diaryl/α,β-unsaturated/α-hetero) is 1. The van der Waals surface area contributed by atoms with Crippen molar-refractivity contribution in [2.75, 3.05) is 65.2 Å².